The van der Waals surface area contributed by atoms with Gasteiger partial charge in [0.1, 0.15) is 0 Å². The summed E-state index contributed by atoms with van der Waals surface area (Å²) in [5, 5.41) is 11.9. The van der Waals surface area contributed by atoms with Crippen LogP contribution in [0.15, 0.2) is 12.4 Å². The van der Waals surface area contributed by atoms with Crippen molar-refractivity contribution in [1.29, 1.82) is 0 Å². The molecule has 2 aliphatic rings. The minimum absolute atomic E-state index is 0.306. The van der Waals surface area contributed by atoms with Gasteiger partial charge >= 0.3 is 0 Å². The number of nitrogens with two attached hydrogens (primary N) is 1. The van der Waals surface area contributed by atoms with Crippen LogP contribution < -0.4 is 5.73 Å². The molecule has 0 radical (unpaired) electrons. The highest BCUT2D eigenvalue weighted by Crippen LogP contribution is 2.27. The van der Waals surface area contributed by atoms with E-state index in [0.29, 0.717) is 11.6 Å². The number of carbonyl (C=O) groups is 1. The van der Waals surface area contributed by atoms with E-state index in [1.54, 1.807) is 12.4 Å². The van der Waals surface area contributed by atoms with Crippen LogP contribution in [0.4, 0.5) is 0 Å². The number of nitrogens with zero attached hydrogens (tertiary/aromatic N) is 4. The Labute approximate surface area is 128 Å². The first-order chi connectivity index (χ1) is 10.7. The topological polar surface area (TPSA) is 92.8 Å². The van der Waals surface area contributed by atoms with E-state index in [9.17, 15) is 4.79 Å². The standard InChI is InChI=1S/C15H20N6O/c16-15(22)10-6-17-21(7-10)11-4-5-20(8-11)9-14-12-2-1-3-13(12)18-19-14/h6-7,11H,1-5,8-9H2,(H2,16,22)(H,18,19). The summed E-state index contributed by atoms with van der Waals surface area (Å²) < 4.78 is 1.87. The maximum absolute atomic E-state index is 11.2. The minimum Gasteiger partial charge on any atom is -0.366 e. The van der Waals surface area contributed by atoms with E-state index in [1.165, 1.54) is 23.4 Å². The van der Waals surface area contributed by atoms with Crippen molar-refractivity contribution in [2.75, 3.05) is 13.1 Å². The molecule has 0 saturated carbocycles. The van der Waals surface area contributed by atoms with Crippen LogP contribution in [0.2, 0.25) is 0 Å². The number of carbonyl (C=O) groups excluding carboxylic acids is 1. The number of amides is 1. The second-order valence-corrected chi connectivity index (χ2v) is 6.23. The zero-order chi connectivity index (χ0) is 15.1. The molecular weight excluding hydrogens is 280 g/mol. The first-order valence-electron chi connectivity index (χ1n) is 7.82. The zero-order valence-electron chi connectivity index (χ0n) is 12.5. The summed E-state index contributed by atoms with van der Waals surface area (Å²) in [7, 11) is 0. The van der Waals surface area contributed by atoms with Gasteiger partial charge in [0.05, 0.1) is 23.5 Å². The molecule has 3 heterocycles. The first-order valence-corrected chi connectivity index (χ1v) is 7.82. The third-order valence-corrected chi connectivity index (χ3v) is 4.77. The van der Waals surface area contributed by atoms with E-state index in [1.807, 2.05) is 4.68 Å². The highest BCUT2D eigenvalue weighted by Gasteiger charge is 2.27. The molecule has 0 aromatic carbocycles. The molecule has 0 spiro atoms. The lowest BCUT2D eigenvalue weighted by Crippen LogP contribution is -2.22. The highest BCUT2D eigenvalue weighted by molar-refractivity contribution is 5.92. The van der Waals surface area contributed by atoms with Crippen molar-refractivity contribution in [2.45, 2.75) is 38.3 Å². The molecule has 3 N–H and O–H groups in total. The van der Waals surface area contributed by atoms with Gasteiger partial charge in [-0.25, -0.2) is 0 Å². The summed E-state index contributed by atoms with van der Waals surface area (Å²) in [6.07, 6.45) is 7.86. The summed E-state index contributed by atoms with van der Waals surface area (Å²) in [6, 6.07) is 0.306. The lowest BCUT2D eigenvalue weighted by atomic mass is 10.2. The molecule has 2 aromatic heterocycles. The van der Waals surface area contributed by atoms with E-state index in [4.69, 9.17) is 5.73 Å². The molecule has 1 amide bonds. The predicted octanol–water partition coefficient (Wildman–Crippen LogP) is 0.641. The Bertz CT molecular complexity index is 703. The minimum atomic E-state index is -0.423. The molecular formula is C15H20N6O. The van der Waals surface area contributed by atoms with Crippen LogP contribution in [0.5, 0.6) is 0 Å². The molecule has 1 atom stereocenters. The normalized spacial score (nSPS) is 21.4. The summed E-state index contributed by atoms with van der Waals surface area (Å²) >= 11 is 0. The lowest BCUT2D eigenvalue weighted by molar-refractivity contribution is 0.1000. The van der Waals surface area contributed by atoms with E-state index in [2.05, 4.69) is 20.2 Å². The van der Waals surface area contributed by atoms with Gasteiger partial charge in [-0.05, 0) is 31.2 Å². The summed E-state index contributed by atoms with van der Waals surface area (Å²) in [5.74, 6) is -0.423. The Hall–Kier alpha value is -2.15. The third-order valence-electron chi connectivity index (χ3n) is 4.77. The fourth-order valence-electron chi connectivity index (χ4n) is 3.57. The average Bonchev–Trinajstić information content (AvgIpc) is 3.24. The van der Waals surface area contributed by atoms with Gasteiger partial charge in [-0.2, -0.15) is 10.2 Å². The predicted molar refractivity (Wildman–Crippen MR) is 80.3 cm³/mol. The monoisotopic (exact) mass is 300 g/mol. The summed E-state index contributed by atoms with van der Waals surface area (Å²) in [6.45, 7) is 2.85. The first kappa shape index (κ1) is 13.5. The van der Waals surface area contributed by atoms with Gasteiger partial charge in [0, 0.05) is 31.5 Å². The van der Waals surface area contributed by atoms with E-state index in [-0.39, 0.29) is 0 Å². The van der Waals surface area contributed by atoms with Crippen LogP contribution in [-0.4, -0.2) is 43.9 Å². The van der Waals surface area contributed by atoms with Crippen molar-refractivity contribution in [3.05, 3.63) is 34.9 Å². The van der Waals surface area contributed by atoms with Gasteiger partial charge in [-0.1, -0.05) is 0 Å². The number of aryl methyl sites for hydroxylation is 1. The molecule has 2 aromatic rings. The number of nitrogens with one attached hydrogen (secondary N) is 1. The number of likely N-dealkylation sites (tertiary alicyclic amines) is 1. The van der Waals surface area contributed by atoms with Crippen molar-refractivity contribution in [1.82, 2.24) is 24.9 Å². The number of aromatic amines is 1. The SMILES string of the molecule is NC(=O)c1cnn(C2CCN(Cc3n[nH]c4c3CCC4)C2)c1. The van der Waals surface area contributed by atoms with Crippen LogP contribution in [0.3, 0.4) is 0 Å². The number of primary amides is 1. The quantitative estimate of drug-likeness (QED) is 0.866. The molecule has 1 fully saturated rings. The second-order valence-electron chi connectivity index (χ2n) is 6.23. The van der Waals surface area contributed by atoms with Crippen molar-refractivity contribution < 1.29 is 4.79 Å². The number of fused-ring (bicyclic) bond motifs is 1. The summed E-state index contributed by atoms with van der Waals surface area (Å²) in [4.78, 5) is 13.6. The third kappa shape index (κ3) is 2.31. The number of hydrogen-bond donors (Lipinski definition) is 2. The molecule has 1 aliphatic heterocycles. The maximum Gasteiger partial charge on any atom is 0.251 e. The number of hydrogen-bond acceptors (Lipinski definition) is 4. The van der Waals surface area contributed by atoms with Crippen molar-refractivity contribution in [2.24, 2.45) is 5.73 Å². The molecule has 116 valence electrons. The summed E-state index contributed by atoms with van der Waals surface area (Å²) in [5.41, 5.74) is 9.71. The molecule has 1 saturated heterocycles. The van der Waals surface area contributed by atoms with E-state index >= 15 is 0 Å². The van der Waals surface area contributed by atoms with E-state index < -0.39 is 5.91 Å². The van der Waals surface area contributed by atoms with Crippen LogP contribution in [0, 0.1) is 0 Å². The van der Waals surface area contributed by atoms with Crippen LogP contribution >= 0.6 is 0 Å². The Morgan fingerprint density at radius 1 is 1.45 bits per heavy atom. The van der Waals surface area contributed by atoms with Crippen LogP contribution in [0.1, 0.15) is 46.2 Å². The van der Waals surface area contributed by atoms with Gasteiger partial charge in [0.2, 0.25) is 0 Å². The van der Waals surface area contributed by atoms with Crippen molar-refractivity contribution in [3.8, 4) is 0 Å². The van der Waals surface area contributed by atoms with Crippen LogP contribution in [0.25, 0.3) is 0 Å². The Kier molecular flexibility index (Phi) is 3.22. The van der Waals surface area contributed by atoms with Gasteiger partial charge in [0.15, 0.2) is 0 Å². The average molecular weight is 300 g/mol. The lowest BCUT2D eigenvalue weighted by Gasteiger charge is -2.15. The fourth-order valence-corrected chi connectivity index (χ4v) is 3.57. The molecule has 0 bridgehead atoms. The van der Waals surface area contributed by atoms with Crippen LogP contribution in [-0.2, 0) is 19.4 Å². The molecule has 7 heteroatoms. The number of rotatable bonds is 4. The van der Waals surface area contributed by atoms with E-state index in [0.717, 1.165) is 38.9 Å². The second kappa shape index (κ2) is 5.24. The fraction of sp³-hybridized carbons (Fsp3) is 0.533. The molecule has 22 heavy (non-hydrogen) atoms. The Balaban J connectivity index is 1.42. The molecule has 1 unspecified atom stereocenters. The Morgan fingerprint density at radius 3 is 3.18 bits per heavy atom. The van der Waals surface area contributed by atoms with Gasteiger partial charge in [-0.15, -0.1) is 0 Å². The number of aromatic nitrogens is 4. The van der Waals surface area contributed by atoms with Gasteiger partial charge < -0.3 is 5.73 Å². The van der Waals surface area contributed by atoms with Crippen molar-refractivity contribution >= 4 is 5.91 Å². The highest BCUT2D eigenvalue weighted by atomic mass is 16.1. The zero-order valence-corrected chi connectivity index (χ0v) is 12.5. The largest absolute Gasteiger partial charge is 0.366 e. The van der Waals surface area contributed by atoms with Gasteiger partial charge in [-0.3, -0.25) is 19.5 Å². The Morgan fingerprint density at radius 2 is 2.36 bits per heavy atom. The maximum atomic E-state index is 11.2. The van der Waals surface area contributed by atoms with Crippen molar-refractivity contribution in [3.63, 3.8) is 0 Å². The molecule has 7 nitrogen and oxygen atoms in total. The smallest absolute Gasteiger partial charge is 0.251 e. The molecule has 1 aliphatic carbocycles. The number of H-pyrrole nitrogens is 1. The molecule has 4 rings (SSSR count). The van der Waals surface area contributed by atoms with Gasteiger partial charge in [0.25, 0.3) is 5.91 Å².